The lowest BCUT2D eigenvalue weighted by molar-refractivity contribution is -0.122. The van der Waals surface area contributed by atoms with E-state index in [0.29, 0.717) is 5.56 Å². The van der Waals surface area contributed by atoms with Gasteiger partial charge in [-0.2, -0.15) is 0 Å². The van der Waals surface area contributed by atoms with Crippen LogP contribution in [0.25, 0.3) is 0 Å². The third-order valence-corrected chi connectivity index (χ3v) is 2.86. The van der Waals surface area contributed by atoms with Crippen LogP contribution >= 0.6 is 0 Å². The summed E-state index contributed by atoms with van der Waals surface area (Å²) in [4.78, 5) is 13.5. The van der Waals surface area contributed by atoms with Crippen molar-refractivity contribution in [2.24, 2.45) is 5.73 Å². The molecule has 0 bridgehead atoms. The number of likely N-dealkylation sites (N-methyl/N-ethyl adjacent to an activating group) is 1. The van der Waals surface area contributed by atoms with Crippen LogP contribution in [0.5, 0.6) is 0 Å². The van der Waals surface area contributed by atoms with Crippen molar-refractivity contribution in [3.8, 4) is 0 Å². The van der Waals surface area contributed by atoms with Gasteiger partial charge in [-0.1, -0.05) is 18.2 Å². The van der Waals surface area contributed by atoms with E-state index in [4.69, 9.17) is 5.73 Å². The molecule has 1 aromatic rings. The standard InChI is InChI=1S/C14H22FN3O/c1-10(2)17-14(19)9-18(3)13(8-16)11-6-4-5-7-12(11)15/h4-7,10,13H,8-9,16H2,1-3H3,(H,17,19). The number of hydrogen-bond acceptors (Lipinski definition) is 3. The van der Waals surface area contributed by atoms with Gasteiger partial charge in [-0.3, -0.25) is 9.69 Å². The zero-order valence-electron chi connectivity index (χ0n) is 11.7. The van der Waals surface area contributed by atoms with E-state index >= 15 is 0 Å². The molecule has 1 rings (SSSR count). The lowest BCUT2D eigenvalue weighted by atomic mass is 10.1. The van der Waals surface area contributed by atoms with Crippen molar-refractivity contribution < 1.29 is 9.18 Å². The third kappa shape index (κ3) is 4.61. The van der Waals surface area contributed by atoms with Crippen molar-refractivity contribution in [3.63, 3.8) is 0 Å². The van der Waals surface area contributed by atoms with Gasteiger partial charge < -0.3 is 11.1 Å². The molecule has 0 spiro atoms. The van der Waals surface area contributed by atoms with Gasteiger partial charge in [-0.25, -0.2) is 4.39 Å². The lowest BCUT2D eigenvalue weighted by Crippen LogP contribution is -2.41. The molecule has 0 saturated carbocycles. The Morgan fingerprint density at radius 3 is 2.58 bits per heavy atom. The van der Waals surface area contributed by atoms with Gasteiger partial charge in [0.1, 0.15) is 5.82 Å². The highest BCUT2D eigenvalue weighted by Gasteiger charge is 2.20. The van der Waals surface area contributed by atoms with Crippen LogP contribution in [0.2, 0.25) is 0 Å². The van der Waals surface area contributed by atoms with E-state index in [-0.39, 0.29) is 36.9 Å². The van der Waals surface area contributed by atoms with Crippen LogP contribution in [0.15, 0.2) is 24.3 Å². The first kappa shape index (κ1) is 15.6. The van der Waals surface area contributed by atoms with Crippen molar-refractivity contribution in [2.75, 3.05) is 20.1 Å². The quantitative estimate of drug-likeness (QED) is 0.816. The summed E-state index contributed by atoms with van der Waals surface area (Å²) in [6.45, 7) is 4.24. The molecule has 0 aliphatic rings. The Bertz CT molecular complexity index is 423. The van der Waals surface area contributed by atoms with Gasteiger partial charge >= 0.3 is 0 Å². The highest BCUT2D eigenvalue weighted by atomic mass is 19.1. The topological polar surface area (TPSA) is 58.4 Å². The molecule has 1 amide bonds. The van der Waals surface area contributed by atoms with Crippen LogP contribution in [0.4, 0.5) is 4.39 Å². The van der Waals surface area contributed by atoms with E-state index < -0.39 is 0 Å². The fourth-order valence-corrected chi connectivity index (χ4v) is 1.99. The Morgan fingerprint density at radius 1 is 1.42 bits per heavy atom. The van der Waals surface area contributed by atoms with Crippen LogP contribution in [0, 0.1) is 5.82 Å². The molecule has 19 heavy (non-hydrogen) atoms. The Morgan fingerprint density at radius 2 is 2.05 bits per heavy atom. The van der Waals surface area contributed by atoms with E-state index in [1.807, 2.05) is 13.8 Å². The smallest absolute Gasteiger partial charge is 0.234 e. The summed E-state index contributed by atoms with van der Waals surface area (Å²) in [7, 11) is 1.77. The Labute approximate surface area is 113 Å². The zero-order chi connectivity index (χ0) is 14.4. The van der Waals surface area contributed by atoms with E-state index in [2.05, 4.69) is 5.32 Å². The maximum atomic E-state index is 13.8. The van der Waals surface area contributed by atoms with Gasteiger partial charge in [-0.15, -0.1) is 0 Å². The van der Waals surface area contributed by atoms with E-state index in [9.17, 15) is 9.18 Å². The number of hydrogen-bond donors (Lipinski definition) is 2. The minimum absolute atomic E-state index is 0.0886. The highest BCUT2D eigenvalue weighted by Crippen LogP contribution is 2.20. The second kappa shape index (κ2) is 7.21. The van der Waals surface area contributed by atoms with Crippen LogP contribution in [0.1, 0.15) is 25.5 Å². The Kier molecular flexibility index (Phi) is 5.92. The first-order valence-corrected chi connectivity index (χ1v) is 6.39. The zero-order valence-corrected chi connectivity index (χ0v) is 11.7. The molecule has 106 valence electrons. The Hall–Kier alpha value is -1.46. The van der Waals surface area contributed by atoms with Gasteiger partial charge in [0.15, 0.2) is 0 Å². The first-order valence-electron chi connectivity index (χ1n) is 6.39. The molecule has 0 saturated heterocycles. The molecule has 3 N–H and O–H groups in total. The molecule has 0 aromatic heterocycles. The number of amides is 1. The SMILES string of the molecule is CC(C)NC(=O)CN(C)C(CN)c1ccccc1F. The second-order valence-corrected chi connectivity index (χ2v) is 4.91. The van der Waals surface area contributed by atoms with Crippen LogP contribution in [-0.4, -0.2) is 37.0 Å². The van der Waals surface area contributed by atoms with Crippen molar-refractivity contribution in [3.05, 3.63) is 35.6 Å². The molecule has 0 aliphatic carbocycles. The van der Waals surface area contributed by atoms with E-state index in [1.54, 1.807) is 30.1 Å². The number of rotatable bonds is 6. The monoisotopic (exact) mass is 267 g/mol. The number of nitrogens with zero attached hydrogens (tertiary/aromatic N) is 1. The average Bonchev–Trinajstić information content (AvgIpc) is 2.31. The Balaban J connectivity index is 2.75. The summed E-state index contributed by atoms with van der Waals surface area (Å²) in [5, 5.41) is 2.80. The van der Waals surface area contributed by atoms with Crippen LogP contribution in [0.3, 0.4) is 0 Å². The fraction of sp³-hybridized carbons (Fsp3) is 0.500. The summed E-state index contributed by atoms with van der Waals surface area (Å²) in [6, 6.07) is 6.29. The van der Waals surface area contributed by atoms with Crippen LogP contribution < -0.4 is 11.1 Å². The minimum atomic E-state index is -0.306. The van der Waals surface area contributed by atoms with Gasteiger partial charge in [0.2, 0.25) is 5.91 Å². The van der Waals surface area contributed by atoms with Crippen LogP contribution in [-0.2, 0) is 4.79 Å². The van der Waals surface area contributed by atoms with Crippen molar-refractivity contribution >= 4 is 5.91 Å². The van der Waals surface area contributed by atoms with Crippen molar-refractivity contribution in [1.82, 2.24) is 10.2 Å². The van der Waals surface area contributed by atoms with Crippen molar-refractivity contribution in [1.29, 1.82) is 0 Å². The second-order valence-electron chi connectivity index (χ2n) is 4.91. The molecular weight excluding hydrogens is 245 g/mol. The molecular formula is C14H22FN3O. The molecule has 1 aromatic carbocycles. The highest BCUT2D eigenvalue weighted by molar-refractivity contribution is 5.78. The van der Waals surface area contributed by atoms with Gasteiger partial charge in [0.05, 0.1) is 12.6 Å². The minimum Gasteiger partial charge on any atom is -0.353 e. The lowest BCUT2D eigenvalue weighted by Gasteiger charge is -2.27. The number of carbonyl (C=O) groups excluding carboxylic acids is 1. The number of halogens is 1. The van der Waals surface area contributed by atoms with Gasteiger partial charge in [0, 0.05) is 18.2 Å². The predicted octanol–water partition coefficient (Wildman–Crippen LogP) is 1.28. The number of nitrogens with two attached hydrogens (primary N) is 1. The summed E-state index contributed by atoms with van der Waals surface area (Å²) in [5.74, 6) is -0.388. The molecule has 1 unspecified atom stereocenters. The largest absolute Gasteiger partial charge is 0.353 e. The summed E-state index contributed by atoms with van der Waals surface area (Å²) < 4.78 is 13.8. The third-order valence-electron chi connectivity index (χ3n) is 2.86. The molecule has 4 nitrogen and oxygen atoms in total. The summed E-state index contributed by atoms with van der Waals surface area (Å²) in [5.41, 5.74) is 6.23. The number of benzene rings is 1. The maximum absolute atomic E-state index is 13.8. The predicted molar refractivity (Wildman–Crippen MR) is 74.1 cm³/mol. The summed E-state index contributed by atoms with van der Waals surface area (Å²) >= 11 is 0. The molecule has 5 heteroatoms. The molecule has 0 fully saturated rings. The van der Waals surface area contributed by atoms with E-state index in [0.717, 1.165) is 0 Å². The molecule has 0 aliphatic heterocycles. The van der Waals surface area contributed by atoms with Gasteiger partial charge in [-0.05, 0) is 27.0 Å². The molecule has 0 heterocycles. The molecule has 1 atom stereocenters. The number of nitrogens with one attached hydrogen (secondary N) is 1. The molecule has 0 radical (unpaired) electrons. The summed E-state index contributed by atoms with van der Waals surface area (Å²) in [6.07, 6.45) is 0. The van der Waals surface area contributed by atoms with E-state index in [1.165, 1.54) is 6.07 Å². The first-order chi connectivity index (χ1) is 8.95. The maximum Gasteiger partial charge on any atom is 0.234 e. The van der Waals surface area contributed by atoms with Crippen molar-refractivity contribution in [2.45, 2.75) is 25.9 Å². The normalized spacial score (nSPS) is 12.8. The number of carbonyl (C=O) groups is 1. The fourth-order valence-electron chi connectivity index (χ4n) is 1.99. The average molecular weight is 267 g/mol. The van der Waals surface area contributed by atoms with Gasteiger partial charge in [0.25, 0.3) is 0 Å².